The molecule has 3 N–H and O–H groups in total. The minimum atomic E-state index is -0.0863. The van der Waals surface area contributed by atoms with Crippen molar-refractivity contribution in [3.8, 4) is 0 Å². The van der Waals surface area contributed by atoms with Gasteiger partial charge in [-0.15, -0.1) is 0 Å². The monoisotopic (exact) mass is 423 g/mol. The lowest BCUT2D eigenvalue weighted by molar-refractivity contribution is -0.114. The molecule has 0 bridgehead atoms. The van der Waals surface area contributed by atoms with E-state index in [-0.39, 0.29) is 5.91 Å². The van der Waals surface area contributed by atoms with Crippen molar-refractivity contribution in [2.24, 2.45) is 0 Å². The molecule has 9 heteroatoms. The number of nitrogens with zero attached hydrogens (tertiary/aromatic N) is 4. The predicted octanol–water partition coefficient (Wildman–Crippen LogP) is 4.27. The van der Waals surface area contributed by atoms with E-state index in [0.29, 0.717) is 5.16 Å². The van der Waals surface area contributed by atoms with Gasteiger partial charge in [-0.25, -0.2) is 9.97 Å². The van der Waals surface area contributed by atoms with Gasteiger partial charge in [-0.1, -0.05) is 0 Å². The largest absolute Gasteiger partial charge is 0.356 e. The Morgan fingerprint density at radius 2 is 1.87 bits per heavy atom. The number of hydrogen-bond donors (Lipinski definition) is 3. The number of nitrogens with one attached hydrogen (secondary N) is 3. The highest BCUT2D eigenvalue weighted by Gasteiger charge is 2.20. The van der Waals surface area contributed by atoms with Crippen molar-refractivity contribution in [3.05, 3.63) is 41.6 Å². The maximum atomic E-state index is 11.2. The number of aromatic amines is 1. The van der Waals surface area contributed by atoms with Gasteiger partial charge in [-0.05, 0) is 62.7 Å². The number of amides is 1. The highest BCUT2D eigenvalue weighted by molar-refractivity contribution is 7.99. The quantitative estimate of drug-likeness (QED) is 0.509. The molecule has 0 unspecified atom stereocenters. The van der Waals surface area contributed by atoms with Crippen molar-refractivity contribution in [1.82, 2.24) is 20.2 Å². The number of rotatable bonds is 6. The summed E-state index contributed by atoms with van der Waals surface area (Å²) in [4.78, 5) is 24.2. The molecule has 4 rings (SSSR count). The third-order valence-corrected chi connectivity index (χ3v) is 5.71. The summed E-state index contributed by atoms with van der Waals surface area (Å²) in [7, 11) is 0. The molecule has 0 saturated carbocycles. The van der Waals surface area contributed by atoms with E-state index in [1.165, 1.54) is 31.5 Å². The molecule has 3 aromatic rings. The Balaban J connectivity index is 1.63. The molecule has 1 aliphatic rings. The van der Waals surface area contributed by atoms with Gasteiger partial charge in [-0.2, -0.15) is 5.10 Å². The normalized spacial score (nSPS) is 13.5. The second-order valence-electron chi connectivity index (χ2n) is 7.37. The van der Waals surface area contributed by atoms with Crippen molar-refractivity contribution >= 4 is 40.8 Å². The van der Waals surface area contributed by atoms with Crippen molar-refractivity contribution in [3.63, 3.8) is 0 Å². The molecule has 1 aliphatic heterocycles. The molecule has 1 amide bonds. The van der Waals surface area contributed by atoms with Crippen LogP contribution in [0.25, 0.3) is 0 Å². The highest BCUT2D eigenvalue weighted by atomic mass is 32.2. The van der Waals surface area contributed by atoms with E-state index < -0.39 is 0 Å². The van der Waals surface area contributed by atoms with Gasteiger partial charge in [0.2, 0.25) is 5.91 Å². The van der Waals surface area contributed by atoms with Crippen LogP contribution in [0.1, 0.15) is 31.0 Å². The Morgan fingerprint density at radius 1 is 1.13 bits per heavy atom. The molecule has 1 aromatic carbocycles. The summed E-state index contributed by atoms with van der Waals surface area (Å²) < 4.78 is 0. The van der Waals surface area contributed by atoms with Crippen LogP contribution in [-0.4, -0.2) is 39.2 Å². The van der Waals surface area contributed by atoms with Gasteiger partial charge >= 0.3 is 0 Å². The minimum absolute atomic E-state index is 0.0863. The van der Waals surface area contributed by atoms with E-state index in [2.05, 4.69) is 25.7 Å². The van der Waals surface area contributed by atoms with Crippen molar-refractivity contribution in [2.75, 3.05) is 28.6 Å². The molecule has 0 spiro atoms. The van der Waals surface area contributed by atoms with E-state index >= 15 is 0 Å². The van der Waals surface area contributed by atoms with Gasteiger partial charge < -0.3 is 15.5 Å². The van der Waals surface area contributed by atoms with E-state index in [0.717, 1.165) is 52.4 Å². The summed E-state index contributed by atoms with van der Waals surface area (Å²) in [6, 6.07) is 9.62. The molecule has 3 heterocycles. The van der Waals surface area contributed by atoms with Crippen LogP contribution < -0.4 is 15.5 Å². The standard InChI is InChI=1S/C21H25N7OS/c1-13-12-18(27-26-13)23-19-14(2)20(28-10-4-5-11-28)25-21(24-19)30-17-8-6-16(7-9-17)22-15(3)29/h6-9,12H,4-5,10-11H2,1-3H3,(H,22,29)(H2,23,24,25,26,27). The molecule has 156 valence electrons. The molecule has 2 aromatic heterocycles. The highest BCUT2D eigenvalue weighted by Crippen LogP contribution is 2.33. The maximum Gasteiger partial charge on any atom is 0.221 e. The fourth-order valence-corrected chi connectivity index (χ4v) is 4.16. The van der Waals surface area contributed by atoms with Crippen molar-refractivity contribution < 1.29 is 4.79 Å². The third kappa shape index (κ3) is 4.73. The number of carbonyl (C=O) groups excluding carboxylic acids is 1. The molecule has 1 fully saturated rings. The Hall–Kier alpha value is -3.07. The molecule has 8 nitrogen and oxygen atoms in total. The molecular formula is C21H25N7OS. The lowest BCUT2D eigenvalue weighted by atomic mass is 10.3. The first-order valence-electron chi connectivity index (χ1n) is 9.96. The maximum absolute atomic E-state index is 11.2. The van der Waals surface area contributed by atoms with Crippen LogP contribution in [0.5, 0.6) is 0 Å². The summed E-state index contributed by atoms with van der Waals surface area (Å²) in [6.45, 7) is 7.53. The number of H-pyrrole nitrogens is 1. The Labute approximate surface area is 179 Å². The van der Waals surface area contributed by atoms with E-state index in [9.17, 15) is 4.79 Å². The smallest absolute Gasteiger partial charge is 0.221 e. The van der Waals surface area contributed by atoms with Crippen LogP contribution in [0.3, 0.4) is 0 Å². The molecule has 1 saturated heterocycles. The summed E-state index contributed by atoms with van der Waals surface area (Å²) in [6.07, 6.45) is 2.36. The van der Waals surface area contributed by atoms with Crippen LogP contribution in [0, 0.1) is 13.8 Å². The number of anilines is 4. The molecule has 0 atom stereocenters. The summed E-state index contributed by atoms with van der Waals surface area (Å²) in [5, 5.41) is 14.0. The van der Waals surface area contributed by atoms with Crippen molar-refractivity contribution in [1.29, 1.82) is 0 Å². The Kier molecular flexibility index (Phi) is 5.89. The first-order chi connectivity index (χ1) is 14.5. The molecular weight excluding hydrogens is 398 g/mol. The summed E-state index contributed by atoms with van der Waals surface area (Å²) in [5.74, 6) is 2.37. The van der Waals surface area contributed by atoms with Crippen LogP contribution in [0.2, 0.25) is 0 Å². The van der Waals surface area contributed by atoms with Gasteiger partial charge in [0.1, 0.15) is 11.6 Å². The van der Waals surface area contributed by atoms with E-state index in [4.69, 9.17) is 9.97 Å². The van der Waals surface area contributed by atoms with Crippen LogP contribution in [0.4, 0.5) is 23.1 Å². The number of aryl methyl sites for hydroxylation is 1. The number of benzene rings is 1. The van der Waals surface area contributed by atoms with Gasteiger partial charge in [0.05, 0.1) is 0 Å². The molecule has 30 heavy (non-hydrogen) atoms. The summed E-state index contributed by atoms with van der Waals surface area (Å²) in [5.41, 5.74) is 2.77. The summed E-state index contributed by atoms with van der Waals surface area (Å²) >= 11 is 1.50. The lowest BCUT2D eigenvalue weighted by Crippen LogP contribution is -2.21. The number of aromatic nitrogens is 4. The molecule has 0 aliphatic carbocycles. The topological polar surface area (TPSA) is 98.8 Å². The van der Waals surface area contributed by atoms with Gasteiger partial charge in [0.15, 0.2) is 11.0 Å². The Bertz CT molecular complexity index is 1040. The zero-order valence-corrected chi connectivity index (χ0v) is 18.1. The van der Waals surface area contributed by atoms with E-state index in [1.807, 2.05) is 44.2 Å². The van der Waals surface area contributed by atoms with Gasteiger partial charge in [0, 0.05) is 47.9 Å². The zero-order valence-electron chi connectivity index (χ0n) is 17.3. The first kappa shape index (κ1) is 20.2. The van der Waals surface area contributed by atoms with Crippen LogP contribution in [-0.2, 0) is 4.79 Å². The lowest BCUT2D eigenvalue weighted by Gasteiger charge is -2.21. The Morgan fingerprint density at radius 3 is 2.50 bits per heavy atom. The fraction of sp³-hybridized carbons (Fsp3) is 0.333. The van der Waals surface area contributed by atoms with Crippen LogP contribution in [0.15, 0.2) is 40.4 Å². The van der Waals surface area contributed by atoms with Crippen LogP contribution >= 0.6 is 11.8 Å². The average molecular weight is 424 g/mol. The number of carbonyl (C=O) groups is 1. The number of hydrogen-bond acceptors (Lipinski definition) is 7. The second kappa shape index (κ2) is 8.74. The zero-order chi connectivity index (χ0) is 21.1. The first-order valence-corrected chi connectivity index (χ1v) is 10.8. The second-order valence-corrected chi connectivity index (χ2v) is 8.41. The predicted molar refractivity (Wildman–Crippen MR) is 120 cm³/mol. The minimum Gasteiger partial charge on any atom is -0.356 e. The third-order valence-electron chi connectivity index (χ3n) is 4.84. The SMILES string of the molecule is CC(=O)Nc1ccc(Sc2nc(Nc3cc(C)[nH]n3)c(C)c(N3CCCC3)n2)cc1. The average Bonchev–Trinajstić information content (AvgIpc) is 3.37. The fourth-order valence-electron chi connectivity index (χ4n) is 3.41. The molecule has 0 radical (unpaired) electrons. The van der Waals surface area contributed by atoms with Gasteiger partial charge in [0.25, 0.3) is 0 Å². The van der Waals surface area contributed by atoms with Gasteiger partial charge in [-0.3, -0.25) is 9.89 Å². The van der Waals surface area contributed by atoms with E-state index in [1.54, 1.807) is 0 Å². The van der Waals surface area contributed by atoms with Crippen molar-refractivity contribution in [2.45, 2.75) is 43.7 Å².